The van der Waals surface area contributed by atoms with Gasteiger partial charge in [0.15, 0.2) is 17.7 Å². The summed E-state index contributed by atoms with van der Waals surface area (Å²) in [5.41, 5.74) is 0.517. The zero-order valence-corrected chi connectivity index (χ0v) is 20.2. The molecule has 2 fully saturated rings. The van der Waals surface area contributed by atoms with Crippen LogP contribution >= 0.6 is 0 Å². The fourth-order valence-electron chi connectivity index (χ4n) is 6.12. The molecule has 33 heavy (non-hydrogen) atoms. The number of terminal acetylenes is 1. The van der Waals surface area contributed by atoms with E-state index in [1.54, 1.807) is 12.1 Å². The van der Waals surface area contributed by atoms with Crippen molar-refractivity contribution in [1.29, 1.82) is 0 Å². The average Bonchev–Trinajstić information content (AvgIpc) is 2.82. The number of hydrogen-bond donors (Lipinski definition) is 0. The van der Waals surface area contributed by atoms with E-state index < -0.39 is 17.7 Å². The minimum Gasteiger partial charge on any atom is -0.475 e. The molecule has 2 aliphatic rings. The summed E-state index contributed by atoms with van der Waals surface area (Å²) < 4.78 is 35.4. The molecule has 0 heterocycles. The molecule has 0 bridgehead atoms. The molecule has 0 N–H and O–H groups in total. The third kappa shape index (κ3) is 7.46. The zero-order chi connectivity index (χ0) is 22.9. The molecule has 0 aromatic heterocycles. The van der Waals surface area contributed by atoms with Crippen molar-refractivity contribution in [2.24, 2.45) is 17.8 Å². The molecule has 0 saturated heterocycles. The second kappa shape index (κ2) is 14.0. The molecule has 2 aliphatic carbocycles. The van der Waals surface area contributed by atoms with Crippen LogP contribution in [0, 0.1) is 41.7 Å². The summed E-state index contributed by atoms with van der Waals surface area (Å²) in [6.45, 7) is 4.40. The number of rotatable bonds is 10. The quantitative estimate of drug-likeness (QED) is 0.247. The third-order valence-electron chi connectivity index (χ3n) is 8.07. The van der Waals surface area contributed by atoms with Crippen molar-refractivity contribution >= 4 is 0 Å². The molecule has 1 atom stereocenters. The van der Waals surface area contributed by atoms with Gasteiger partial charge in [-0.25, -0.2) is 4.39 Å². The van der Waals surface area contributed by atoms with Gasteiger partial charge < -0.3 is 4.74 Å². The van der Waals surface area contributed by atoms with Gasteiger partial charge in [-0.2, -0.15) is 4.39 Å². The lowest BCUT2D eigenvalue weighted by Gasteiger charge is -2.38. The molecule has 0 spiro atoms. The molecule has 0 aliphatic heterocycles. The van der Waals surface area contributed by atoms with Crippen LogP contribution in [0.25, 0.3) is 0 Å². The molecule has 3 rings (SSSR count). The van der Waals surface area contributed by atoms with Gasteiger partial charge in [0, 0.05) is 2.85 Å². The summed E-state index contributed by atoms with van der Waals surface area (Å²) in [7, 11) is 0. The molecular formula is C30H50F2O. The van der Waals surface area contributed by atoms with Crippen molar-refractivity contribution in [2.45, 2.75) is 123 Å². The Morgan fingerprint density at radius 2 is 1.58 bits per heavy atom. The van der Waals surface area contributed by atoms with E-state index >= 15 is 0 Å². The molecule has 0 amide bonds. The molecule has 3 heteroatoms. The van der Waals surface area contributed by atoms with Gasteiger partial charge in [-0.1, -0.05) is 71.8 Å². The number of halogens is 2. The number of benzene rings is 1. The normalized spacial score (nSPS) is 26.2. The Labute approximate surface area is 205 Å². The largest absolute Gasteiger partial charge is 0.475 e. The van der Waals surface area contributed by atoms with Crippen LogP contribution in [0.15, 0.2) is 12.1 Å². The highest BCUT2D eigenvalue weighted by Crippen LogP contribution is 2.45. The molecular weight excluding hydrogens is 414 g/mol. The second-order valence-electron chi connectivity index (χ2n) is 10.2. The summed E-state index contributed by atoms with van der Waals surface area (Å²) >= 11 is 0. The maximum atomic E-state index is 15.0. The fraction of sp³-hybridized carbons (Fsp3) is 0.733. The van der Waals surface area contributed by atoms with Crippen molar-refractivity contribution in [1.82, 2.24) is 0 Å². The minimum absolute atomic E-state index is 0. The molecule has 1 aromatic rings. The van der Waals surface area contributed by atoms with Crippen LogP contribution in [0.3, 0.4) is 0 Å². The summed E-state index contributed by atoms with van der Waals surface area (Å²) in [5, 5.41) is 0. The maximum absolute atomic E-state index is 15.0. The third-order valence-corrected chi connectivity index (χ3v) is 8.07. The smallest absolute Gasteiger partial charge is 0.200 e. The van der Waals surface area contributed by atoms with Crippen molar-refractivity contribution in [3.05, 3.63) is 29.3 Å². The van der Waals surface area contributed by atoms with E-state index in [1.165, 1.54) is 38.5 Å². The van der Waals surface area contributed by atoms with Gasteiger partial charge in [0.2, 0.25) is 5.82 Å². The predicted octanol–water partition coefficient (Wildman–Crippen LogP) is 9.93. The lowest BCUT2D eigenvalue weighted by atomic mass is 9.68. The van der Waals surface area contributed by atoms with Crippen LogP contribution in [0.2, 0.25) is 0 Å². The average molecular weight is 465 g/mol. The summed E-state index contributed by atoms with van der Waals surface area (Å²) in [6, 6.07) is 3.31. The van der Waals surface area contributed by atoms with Crippen LogP contribution < -0.4 is 4.74 Å². The minimum atomic E-state index is -0.880. The van der Waals surface area contributed by atoms with Crippen LogP contribution in [0.5, 0.6) is 5.75 Å². The van der Waals surface area contributed by atoms with E-state index in [0.717, 1.165) is 62.7 Å². The van der Waals surface area contributed by atoms with Crippen molar-refractivity contribution < 1.29 is 16.4 Å². The lowest BCUT2D eigenvalue weighted by Crippen LogP contribution is -2.25. The van der Waals surface area contributed by atoms with Gasteiger partial charge in [-0.05, 0) is 86.7 Å². The first-order chi connectivity index (χ1) is 15.6. The Balaban J connectivity index is 0.00000385. The highest BCUT2D eigenvalue weighted by Gasteiger charge is 2.32. The molecule has 1 unspecified atom stereocenters. The van der Waals surface area contributed by atoms with Gasteiger partial charge in [-0.15, -0.1) is 6.42 Å². The van der Waals surface area contributed by atoms with Gasteiger partial charge in [0.25, 0.3) is 0 Å². The Morgan fingerprint density at radius 1 is 0.939 bits per heavy atom. The van der Waals surface area contributed by atoms with E-state index in [2.05, 4.69) is 19.8 Å². The monoisotopic (exact) mass is 464 g/mol. The lowest BCUT2D eigenvalue weighted by molar-refractivity contribution is 0.155. The van der Waals surface area contributed by atoms with E-state index in [-0.39, 0.29) is 21.9 Å². The highest BCUT2D eigenvalue weighted by atomic mass is 19.2. The van der Waals surface area contributed by atoms with Gasteiger partial charge in [0.1, 0.15) is 0 Å². The first-order valence-electron chi connectivity index (χ1n) is 13.2. The summed E-state index contributed by atoms with van der Waals surface area (Å²) in [6.07, 6.45) is 21.1. The number of ether oxygens (including phenoxy) is 1. The first-order valence-corrected chi connectivity index (χ1v) is 13.2. The van der Waals surface area contributed by atoms with E-state index in [1.807, 2.05) is 0 Å². The summed E-state index contributed by atoms with van der Waals surface area (Å²) in [4.78, 5) is 0. The van der Waals surface area contributed by atoms with Crippen molar-refractivity contribution in [3.63, 3.8) is 0 Å². The standard InChI is InChI=1S/C29H42F2O.CH4.2H2/c1-4-7-8-10-25(6-3)32-27-20-19-26(28(30)29(27)31)24-17-15-23(16-18-24)22-13-11-21(9-5-2)12-14-22;;;/h3,19-25H,4-5,7-18H2,1-2H3;1H4;2*1H. The van der Waals surface area contributed by atoms with E-state index in [4.69, 9.17) is 11.2 Å². The predicted molar refractivity (Wildman–Crippen MR) is 140 cm³/mol. The second-order valence-corrected chi connectivity index (χ2v) is 10.2. The summed E-state index contributed by atoms with van der Waals surface area (Å²) in [5.74, 6) is 3.55. The van der Waals surface area contributed by atoms with Crippen LogP contribution in [-0.4, -0.2) is 6.10 Å². The van der Waals surface area contributed by atoms with Gasteiger partial charge >= 0.3 is 0 Å². The Bertz CT molecular complexity index is 747. The maximum Gasteiger partial charge on any atom is 0.200 e. The van der Waals surface area contributed by atoms with Gasteiger partial charge in [-0.3, -0.25) is 0 Å². The Hall–Kier alpha value is -1.56. The molecule has 0 radical (unpaired) electrons. The Kier molecular flexibility index (Phi) is 11.7. The van der Waals surface area contributed by atoms with Crippen LogP contribution in [0.1, 0.15) is 126 Å². The number of hydrogen-bond acceptors (Lipinski definition) is 1. The SMILES string of the molecule is C.C#CC(CCCCC)Oc1ccc(C2CCC(C3CCC(CCC)CC3)CC2)c(F)c1F.[HH].[HH]. The highest BCUT2D eigenvalue weighted by molar-refractivity contribution is 5.34. The topological polar surface area (TPSA) is 9.23 Å². The van der Waals surface area contributed by atoms with E-state index in [0.29, 0.717) is 12.0 Å². The van der Waals surface area contributed by atoms with Crippen molar-refractivity contribution in [3.8, 4) is 18.1 Å². The Morgan fingerprint density at radius 3 is 2.15 bits per heavy atom. The van der Waals surface area contributed by atoms with Gasteiger partial charge in [0.05, 0.1) is 0 Å². The molecule has 190 valence electrons. The zero-order valence-electron chi connectivity index (χ0n) is 20.2. The molecule has 1 nitrogen and oxygen atoms in total. The van der Waals surface area contributed by atoms with Crippen LogP contribution in [0.4, 0.5) is 8.78 Å². The fourth-order valence-corrected chi connectivity index (χ4v) is 6.12. The van der Waals surface area contributed by atoms with E-state index in [9.17, 15) is 8.78 Å². The number of unbranched alkanes of at least 4 members (excludes halogenated alkanes) is 2. The van der Waals surface area contributed by atoms with Crippen LogP contribution in [-0.2, 0) is 0 Å². The molecule has 2 saturated carbocycles. The molecule has 1 aromatic carbocycles. The first kappa shape index (κ1) is 27.7. The van der Waals surface area contributed by atoms with Crippen molar-refractivity contribution in [2.75, 3.05) is 0 Å².